The van der Waals surface area contributed by atoms with Gasteiger partial charge in [-0.1, -0.05) is 35.3 Å². The van der Waals surface area contributed by atoms with Crippen molar-refractivity contribution in [3.63, 3.8) is 0 Å². The van der Waals surface area contributed by atoms with Crippen LogP contribution in [0.1, 0.15) is 0 Å². The van der Waals surface area contributed by atoms with Crippen LogP contribution in [0.15, 0.2) is 41.3 Å². The third-order valence-corrected chi connectivity index (χ3v) is 6.52. The van der Waals surface area contributed by atoms with Crippen molar-refractivity contribution in [2.24, 2.45) is 0 Å². The van der Waals surface area contributed by atoms with Crippen LogP contribution in [0.3, 0.4) is 0 Å². The molecule has 28 heavy (non-hydrogen) atoms. The number of anilines is 4. The molecule has 1 unspecified atom stereocenters. The van der Waals surface area contributed by atoms with Gasteiger partial charge in [0.1, 0.15) is 4.90 Å². The summed E-state index contributed by atoms with van der Waals surface area (Å²) in [4.78, 5) is -0.330. The normalized spacial score (nSPS) is 12.1. The fraction of sp³-hybridized carbons (Fsp3) is 0.0667. The molecular formula is C15H13Cl2N5O4S2. The summed E-state index contributed by atoms with van der Waals surface area (Å²) in [6.07, 6.45) is 0. The molecule has 0 bridgehead atoms. The lowest BCUT2D eigenvalue weighted by Gasteiger charge is -2.11. The van der Waals surface area contributed by atoms with Crippen molar-refractivity contribution in [2.75, 3.05) is 17.7 Å². The maximum Gasteiger partial charge on any atom is 0.244 e. The predicted octanol–water partition coefficient (Wildman–Crippen LogP) is 3.61. The molecular weight excluding hydrogens is 449 g/mol. The zero-order valence-corrected chi connectivity index (χ0v) is 17.2. The molecule has 3 aromatic rings. The molecule has 2 aromatic carbocycles. The van der Waals surface area contributed by atoms with Crippen molar-refractivity contribution in [3.8, 4) is 5.75 Å². The third-order valence-electron chi connectivity index (χ3n) is 3.58. The van der Waals surface area contributed by atoms with Crippen LogP contribution < -0.4 is 15.4 Å². The van der Waals surface area contributed by atoms with Crippen LogP contribution in [-0.4, -0.2) is 33.9 Å². The zero-order chi connectivity index (χ0) is 20.5. The van der Waals surface area contributed by atoms with Crippen LogP contribution in [0.2, 0.25) is 10.0 Å². The number of benzene rings is 2. The Balaban J connectivity index is 1.97. The van der Waals surface area contributed by atoms with Crippen molar-refractivity contribution in [1.82, 2.24) is 13.5 Å². The summed E-state index contributed by atoms with van der Waals surface area (Å²) in [6, 6.07) is 8.98. The molecule has 0 fully saturated rings. The molecule has 0 aliphatic carbocycles. The summed E-state index contributed by atoms with van der Waals surface area (Å²) in [7, 11) is -2.66. The van der Waals surface area contributed by atoms with Gasteiger partial charge in [0.25, 0.3) is 0 Å². The molecule has 0 aliphatic rings. The van der Waals surface area contributed by atoms with E-state index in [1.165, 1.54) is 25.2 Å². The molecule has 4 N–H and O–H groups in total. The minimum atomic E-state index is -3.89. The first-order valence-electron chi connectivity index (χ1n) is 7.56. The van der Waals surface area contributed by atoms with E-state index in [0.29, 0.717) is 10.7 Å². The van der Waals surface area contributed by atoms with Crippen LogP contribution in [-0.2, 0) is 10.0 Å². The first kappa shape index (κ1) is 20.6. The summed E-state index contributed by atoms with van der Waals surface area (Å²) >= 11 is 10.2. The monoisotopic (exact) mass is 461 g/mol. The Morgan fingerprint density at radius 2 is 1.61 bits per heavy atom. The van der Waals surface area contributed by atoms with Gasteiger partial charge in [0.15, 0.2) is 16.9 Å². The maximum atomic E-state index is 12.0. The number of nitrogens with one attached hydrogen (secondary N) is 3. The van der Waals surface area contributed by atoms with E-state index >= 15 is 0 Å². The lowest BCUT2D eigenvalue weighted by molar-refractivity contribution is 0.460. The molecule has 1 heterocycles. The maximum absolute atomic E-state index is 12.0. The second-order valence-corrected chi connectivity index (χ2v) is 8.79. The molecule has 0 radical (unpaired) electrons. The Hall–Kier alpha value is -2.15. The molecule has 1 aromatic heterocycles. The average molecular weight is 462 g/mol. The van der Waals surface area contributed by atoms with Gasteiger partial charge >= 0.3 is 0 Å². The highest BCUT2D eigenvalue weighted by atomic mass is 35.5. The third kappa shape index (κ3) is 4.14. The van der Waals surface area contributed by atoms with Crippen LogP contribution in [0.25, 0.3) is 0 Å². The van der Waals surface area contributed by atoms with Crippen molar-refractivity contribution in [2.45, 2.75) is 4.90 Å². The Morgan fingerprint density at radius 1 is 1.04 bits per heavy atom. The minimum absolute atomic E-state index is 0.0173. The summed E-state index contributed by atoms with van der Waals surface area (Å²) in [5.41, 5.74) is 0.428. The van der Waals surface area contributed by atoms with E-state index in [2.05, 4.69) is 24.1 Å². The SMILES string of the molecule is CNS(=O)(=O)c1cccc(Nc2n[s+]([O-])nc2Nc2cccc(Cl)c2Cl)c1O. The number of para-hydroxylation sites is 1. The standard InChI is InChI=1S/C15H13Cl2N5O4S2/c1-18-28(25,26)11-7-3-6-10(13(11)23)20-15-14(21-27(24)22-15)19-9-5-2-4-8(16)12(9)17/h2-7,18,23H,1H3,(H,19,21)(H,20,22). The van der Waals surface area contributed by atoms with Crippen molar-refractivity contribution >= 4 is 67.4 Å². The van der Waals surface area contributed by atoms with E-state index in [-0.39, 0.29) is 27.2 Å². The smallest absolute Gasteiger partial charge is 0.244 e. The number of sulfonamides is 1. The number of hydrogen-bond donors (Lipinski definition) is 4. The molecule has 0 aliphatic heterocycles. The fourth-order valence-corrected chi connectivity index (χ4v) is 4.04. The second kappa shape index (κ2) is 8.07. The molecule has 0 saturated carbocycles. The first-order chi connectivity index (χ1) is 13.2. The molecule has 148 valence electrons. The van der Waals surface area contributed by atoms with E-state index < -0.39 is 26.9 Å². The van der Waals surface area contributed by atoms with E-state index in [1.54, 1.807) is 18.2 Å². The highest BCUT2D eigenvalue weighted by Gasteiger charge is 2.22. The van der Waals surface area contributed by atoms with Gasteiger partial charge in [0, 0.05) is 8.75 Å². The summed E-state index contributed by atoms with van der Waals surface area (Å²) in [6.45, 7) is 0. The quantitative estimate of drug-likeness (QED) is 0.322. The van der Waals surface area contributed by atoms with Gasteiger partial charge in [0.05, 0.1) is 21.4 Å². The molecule has 0 saturated heterocycles. The van der Waals surface area contributed by atoms with Gasteiger partial charge in [0.2, 0.25) is 21.7 Å². The molecule has 13 heteroatoms. The van der Waals surface area contributed by atoms with Crippen LogP contribution in [0, 0.1) is 0 Å². The van der Waals surface area contributed by atoms with Crippen LogP contribution in [0.4, 0.5) is 23.0 Å². The number of aromatic hydroxyl groups is 1. The molecule has 3 rings (SSSR count). The number of phenols is 1. The summed E-state index contributed by atoms with van der Waals surface area (Å²) in [5.74, 6) is -0.440. The highest BCUT2D eigenvalue weighted by Crippen LogP contribution is 2.37. The minimum Gasteiger partial charge on any atom is -0.546 e. The number of hydrogen-bond acceptors (Lipinski definition) is 8. The first-order valence-corrected chi connectivity index (χ1v) is 10.9. The van der Waals surface area contributed by atoms with Gasteiger partial charge in [-0.25, -0.2) is 13.1 Å². The van der Waals surface area contributed by atoms with Crippen molar-refractivity contribution < 1.29 is 18.1 Å². The van der Waals surface area contributed by atoms with Gasteiger partial charge in [-0.2, -0.15) is 0 Å². The Bertz CT molecular complexity index is 1140. The highest BCUT2D eigenvalue weighted by molar-refractivity contribution is 7.89. The van der Waals surface area contributed by atoms with Crippen molar-refractivity contribution in [3.05, 3.63) is 46.4 Å². The Labute approximate surface area is 173 Å². The molecule has 1 atom stereocenters. The van der Waals surface area contributed by atoms with E-state index in [1.807, 2.05) is 0 Å². The largest absolute Gasteiger partial charge is 0.546 e. The van der Waals surface area contributed by atoms with Gasteiger partial charge in [-0.05, 0) is 31.3 Å². The summed E-state index contributed by atoms with van der Waals surface area (Å²) in [5, 5.41) is 16.5. The number of aromatic nitrogens is 2. The van der Waals surface area contributed by atoms with Crippen LogP contribution in [0.5, 0.6) is 5.75 Å². The number of rotatable bonds is 6. The number of phenolic OH excluding ortho intramolecular Hbond substituents is 1. The van der Waals surface area contributed by atoms with E-state index in [4.69, 9.17) is 23.2 Å². The van der Waals surface area contributed by atoms with Gasteiger partial charge in [-0.15, -0.1) is 0 Å². The second-order valence-electron chi connectivity index (χ2n) is 5.32. The van der Waals surface area contributed by atoms with E-state index in [0.717, 1.165) is 0 Å². The van der Waals surface area contributed by atoms with Gasteiger partial charge in [-0.3, -0.25) is 0 Å². The Kier molecular flexibility index (Phi) is 5.93. The van der Waals surface area contributed by atoms with Crippen molar-refractivity contribution in [1.29, 1.82) is 0 Å². The Morgan fingerprint density at radius 3 is 2.25 bits per heavy atom. The molecule has 0 spiro atoms. The molecule has 0 amide bonds. The lowest BCUT2D eigenvalue weighted by Crippen LogP contribution is -2.18. The number of halogens is 2. The topological polar surface area (TPSA) is 139 Å². The van der Waals surface area contributed by atoms with Crippen LogP contribution >= 0.6 is 34.3 Å². The van der Waals surface area contributed by atoms with E-state index in [9.17, 15) is 18.1 Å². The molecule has 9 nitrogen and oxygen atoms in total. The lowest BCUT2D eigenvalue weighted by atomic mass is 10.3. The zero-order valence-electron chi connectivity index (χ0n) is 14.1. The average Bonchev–Trinajstić information content (AvgIpc) is 2.99. The number of nitrogens with zero attached hydrogens (tertiary/aromatic N) is 2. The predicted molar refractivity (Wildman–Crippen MR) is 108 cm³/mol. The summed E-state index contributed by atoms with van der Waals surface area (Å²) < 4.78 is 45.6. The van der Waals surface area contributed by atoms with Gasteiger partial charge < -0.3 is 20.3 Å². The fourth-order valence-electron chi connectivity index (χ4n) is 2.23.